The molecule has 3 heteroatoms. The summed E-state index contributed by atoms with van der Waals surface area (Å²) in [4.78, 5) is 2.66. The molecule has 1 aromatic carbocycles. The molecule has 0 amide bonds. The van der Waals surface area contributed by atoms with Crippen molar-refractivity contribution in [2.24, 2.45) is 0 Å². The molecule has 0 aliphatic carbocycles. The number of hydrogen-bond acceptors (Lipinski definition) is 1. The first-order chi connectivity index (χ1) is 8.90. The fraction of sp³-hybridized carbons (Fsp3) is 0.333. The van der Waals surface area contributed by atoms with E-state index in [1.54, 1.807) is 11.3 Å². The van der Waals surface area contributed by atoms with Crippen molar-refractivity contribution in [3.05, 3.63) is 39.6 Å². The van der Waals surface area contributed by atoms with E-state index in [9.17, 15) is 0 Å². The summed E-state index contributed by atoms with van der Waals surface area (Å²) in [5.74, 6) is 0. The Morgan fingerprint density at radius 3 is 3.11 bits per heavy atom. The van der Waals surface area contributed by atoms with Crippen molar-refractivity contribution >= 4 is 17.1 Å². The number of fused-ring (bicyclic) bond motifs is 3. The molecule has 1 unspecified atom stereocenters. The van der Waals surface area contributed by atoms with Crippen LogP contribution in [0.5, 0.6) is 0 Å². The first-order valence-corrected chi connectivity index (χ1v) is 9.03. The van der Waals surface area contributed by atoms with Crippen molar-refractivity contribution in [3.8, 4) is 0 Å². The van der Waals surface area contributed by atoms with Crippen molar-refractivity contribution in [1.82, 2.24) is 9.47 Å². The van der Waals surface area contributed by atoms with E-state index in [1.165, 1.54) is 30.4 Å². The van der Waals surface area contributed by atoms with Crippen LogP contribution in [0.25, 0.3) is 17.1 Å². The maximum absolute atomic E-state index is 2.66. The third-order valence-electron chi connectivity index (χ3n) is 4.06. The molecule has 2 aliphatic rings. The molecule has 0 N–H and O–H groups in total. The topological polar surface area (TPSA) is 8.17 Å². The van der Waals surface area contributed by atoms with Crippen molar-refractivity contribution in [3.63, 3.8) is 0 Å². The zero-order chi connectivity index (χ0) is 12.1. The third kappa shape index (κ3) is 1.37. The molecule has 1 atom stereocenters. The zero-order valence-electron chi connectivity index (χ0n) is 10.4. The van der Waals surface area contributed by atoms with E-state index in [0.717, 1.165) is 0 Å². The summed E-state index contributed by atoms with van der Waals surface area (Å²) in [7, 11) is 0. The van der Waals surface area contributed by atoms with Crippen LogP contribution in [0.4, 0.5) is 0 Å². The van der Waals surface area contributed by atoms with Crippen LogP contribution in [0.3, 0.4) is 0 Å². The van der Waals surface area contributed by atoms with Crippen LogP contribution in [0, 0.1) is 0 Å². The van der Waals surface area contributed by atoms with Crippen LogP contribution in [0.2, 0.25) is 0 Å². The first kappa shape index (κ1) is 11.1. The van der Waals surface area contributed by atoms with Gasteiger partial charge in [0.2, 0.25) is 0 Å². The molecule has 0 saturated heterocycles. The summed E-state index contributed by atoms with van der Waals surface area (Å²) in [5.41, 5.74) is 4.61. The molecular formula is C15H16IN2-. The summed E-state index contributed by atoms with van der Waals surface area (Å²) >= 11 is 0.134. The number of halogens is 1. The van der Waals surface area contributed by atoms with Crippen LogP contribution < -0.4 is 21.2 Å². The second-order valence-corrected chi connectivity index (χ2v) is 7.48. The molecule has 1 aromatic heterocycles. The van der Waals surface area contributed by atoms with Gasteiger partial charge >= 0.3 is 118 Å². The Morgan fingerprint density at radius 2 is 2.22 bits per heavy atom. The SMILES string of the molecule is CCN1CCc2c3n(c4ccccc24)C=C[I-]C31. The average Bonchev–Trinajstić information content (AvgIpc) is 2.77. The van der Waals surface area contributed by atoms with Crippen LogP contribution in [0.1, 0.15) is 22.2 Å². The van der Waals surface area contributed by atoms with Crippen LogP contribution in [-0.2, 0) is 6.42 Å². The quantitative estimate of drug-likeness (QED) is 0.401. The second kappa shape index (κ2) is 4.10. The van der Waals surface area contributed by atoms with E-state index in [-0.39, 0.29) is 21.2 Å². The van der Waals surface area contributed by atoms with Gasteiger partial charge in [0, 0.05) is 0 Å². The van der Waals surface area contributed by atoms with Gasteiger partial charge in [-0.05, 0) is 0 Å². The molecule has 4 rings (SSSR count). The van der Waals surface area contributed by atoms with Crippen LogP contribution in [0.15, 0.2) is 28.3 Å². The molecule has 18 heavy (non-hydrogen) atoms. The van der Waals surface area contributed by atoms with Gasteiger partial charge < -0.3 is 0 Å². The molecule has 2 aromatic rings. The van der Waals surface area contributed by atoms with Crippen molar-refractivity contribution in [2.45, 2.75) is 17.4 Å². The van der Waals surface area contributed by atoms with Gasteiger partial charge in [0.25, 0.3) is 0 Å². The fourth-order valence-electron chi connectivity index (χ4n) is 3.19. The Labute approximate surface area is 118 Å². The summed E-state index contributed by atoms with van der Waals surface area (Å²) in [6.45, 7) is 4.70. The predicted octanol–water partition coefficient (Wildman–Crippen LogP) is 0.0487. The Bertz CT molecular complexity index is 641. The van der Waals surface area contributed by atoms with Gasteiger partial charge in [-0.2, -0.15) is 0 Å². The van der Waals surface area contributed by atoms with Gasteiger partial charge in [-0.15, -0.1) is 0 Å². The van der Waals surface area contributed by atoms with Crippen LogP contribution >= 0.6 is 0 Å². The molecule has 0 bridgehead atoms. The average molecular weight is 351 g/mol. The van der Waals surface area contributed by atoms with Gasteiger partial charge in [0.15, 0.2) is 0 Å². The number of likely N-dealkylation sites (N-methyl/N-ethyl adjacent to an activating group) is 1. The van der Waals surface area contributed by atoms with E-state index in [0.29, 0.717) is 4.05 Å². The van der Waals surface area contributed by atoms with E-state index in [4.69, 9.17) is 0 Å². The number of nitrogens with zero attached hydrogens (tertiary/aromatic N) is 2. The number of benzene rings is 1. The Hall–Kier alpha value is -0.810. The third-order valence-corrected chi connectivity index (χ3v) is 6.85. The summed E-state index contributed by atoms with van der Waals surface area (Å²) in [6, 6.07) is 8.88. The first-order valence-electron chi connectivity index (χ1n) is 6.54. The van der Waals surface area contributed by atoms with Crippen molar-refractivity contribution in [1.29, 1.82) is 0 Å². The predicted molar refractivity (Wildman–Crippen MR) is 71.0 cm³/mol. The fourth-order valence-corrected chi connectivity index (χ4v) is 6.24. The van der Waals surface area contributed by atoms with Gasteiger partial charge in [-0.3, -0.25) is 0 Å². The van der Waals surface area contributed by atoms with E-state index >= 15 is 0 Å². The monoisotopic (exact) mass is 351 g/mol. The summed E-state index contributed by atoms with van der Waals surface area (Å²) in [5, 5.41) is 1.48. The molecule has 0 spiro atoms. The van der Waals surface area contributed by atoms with E-state index in [2.05, 4.69) is 50.9 Å². The number of rotatable bonds is 1. The van der Waals surface area contributed by atoms with Gasteiger partial charge in [0.05, 0.1) is 0 Å². The van der Waals surface area contributed by atoms with Crippen molar-refractivity contribution in [2.75, 3.05) is 13.1 Å². The Kier molecular flexibility index (Phi) is 2.52. The molecule has 94 valence electrons. The van der Waals surface area contributed by atoms with Gasteiger partial charge in [0.1, 0.15) is 0 Å². The van der Waals surface area contributed by atoms with Crippen LogP contribution in [-0.4, -0.2) is 22.6 Å². The number of hydrogen-bond donors (Lipinski definition) is 0. The number of para-hydroxylation sites is 1. The summed E-state index contributed by atoms with van der Waals surface area (Å²) in [6.07, 6.45) is 3.52. The minimum absolute atomic E-state index is 0.134. The Balaban J connectivity index is 2.05. The standard InChI is InChI=1S/C15H16IN2/c1-2-17-9-7-12-11-5-3-4-6-13(11)18-10-8-16-15(17)14(12)18/h3-6,8,10,15H,2,7,9H2,1H3/q-1. The molecule has 2 nitrogen and oxygen atoms in total. The number of alkyl halides is 1. The number of aromatic nitrogens is 1. The van der Waals surface area contributed by atoms with Gasteiger partial charge in [-0.1, -0.05) is 0 Å². The maximum atomic E-state index is 2.66. The molecule has 2 aliphatic heterocycles. The molecule has 3 heterocycles. The molecule has 0 fully saturated rings. The van der Waals surface area contributed by atoms with E-state index < -0.39 is 0 Å². The minimum atomic E-state index is 0.134. The molecule has 0 saturated carbocycles. The zero-order valence-corrected chi connectivity index (χ0v) is 12.6. The Morgan fingerprint density at radius 1 is 1.33 bits per heavy atom. The van der Waals surface area contributed by atoms with Gasteiger partial charge in [-0.25, -0.2) is 0 Å². The second-order valence-electron chi connectivity index (χ2n) is 4.87. The van der Waals surface area contributed by atoms with E-state index in [1.807, 2.05) is 0 Å². The molecule has 0 radical (unpaired) electrons. The molecular weight excluding hydrogens is 335 g/mol. The summed E-state index contributed by atoms with van der Waals surface area (Å²) < 4.78 is 5.58. The van der Waals surface area contributed by atoms with Crippen molar-refractivity contribution < 1.29 is 21.2 Å². The normalized spacial score (nSPS) is 22.8.